The lowest BCUT2D eigenvalue weighted by molar-refractivity contribution is 0.473. The van der Waals surface area contributed by atoms with Crippen LogP contribution < -0.4 is 10.7 Å². The summed E-state index contributed by atoms with van der Waals surface area (Å²) in [6, 6.07) is 13.5. The van der Waals surface area contributed by atoms with Crippen molar-refractivity contribution in [2.45, 2.75) is 0 Å². The molecule has 4 nitrogen and oxygen atoms in total. The average Bonchev–Trinajstić information content (AvgIpc) is 2.90. The van der Waals surface area contributed by atoms with Gasteiger partial charge in [-0.25, -0.2) is 4.98 Å². The molecule has 0 saturated carbocycles. The molecule has 6 heteroatoms. The molecule has 1 aromatic heterocycles. The molecule has 22 heavy (non-hydrogen) atoms. The number of hydrogen-bond acceptors (Lipinski definition) is 5. The zero-order chi connectivity index (χ0) is 15.5. The van der Waals surface area contributed by atoms with Crippen molar-refractivity contribution in [3.63, 3.8) is 0 Å². The van der Waals surface area contributed by atoms with E-state index in [1.807, 2.05) is 12.1 Å². The third-order valence-electron chi connectivity index (χ3n) is 2.99. The molecule has 0 atom stereocenters. The summed E-state index contributed by atoms with van der Waals surface area (Å²) in [7, 11) is 0. The van der Waals surface area contributed by atoms with E-state index in [4.69, 9.17) is 11.6 Å². The van der Waals surface area contributed by atoms with Crippen LogP contribution in [-0.4, -0.2) is 10.1 Å². The fourth-order valence-electron chi connectivity index (χ4n) is 1.90. The Morgan fingerprint density at radius 2 is 1.82 bits per heavy atom. The Morgan fingerprint density at radius 1 is 1.09 bits per heavy atom. The second kappa shape index (κ2) is 6.17. The van der Waals surface area contributed by atoms with E-state index in [2.05, 4.69) is 10.3 Å². The van der Waals surface area contributed by atoms with Gasteiger partial charge in [0, 0.05) is 21.7 Å². The number of aromatic hydroxyl groups is 1. The number of nitrogens with zero attached hydrogens (tertiary/aromatic N) is 1. The predicted octanol–water partition coefficient (Wildman–Crippen LogP) is 4.27. The van der Waals surface area contributed by atoms with Gasteiger partial charge in [0.2, 0.25) is 5.43 Å². The Bertz CT molecular complexity index is 863. The quantitative estimate of drug-likeness (QED) is 0.752. The van der Waals surface area contributed by atoms with Crippen molar-refractivity contribution in [3.05, 3.63) is 69.2 Å². The van der Waals surface area contributed by atoms with Crippen LogP contribution in [0.2, 0.25) is 5.02 Å². The fourth-order valence-corrected chi connectivity index (χ4v) is 2.76. The van der Waals surface area contributed by atoms with Crippen LogP contribution in [0.5, 0.6) is 5.75 Å². The van der Waals surface area contributed by atoms with E-state index >= 15 is 0 Å². The molecule has 0 unspecified atom stereocenters. The molecular formula is C16H11ClN2O2S. The van der Waals surface area contributed by atoms with Crippen molar-refractivity contribution in [3.8, 4) is 17.0 Å². The van der Waals surface area contributed by atoms with Gasteiger partial charge in [-0.05, 0) is 36.4 Å². The van der Waals surface area contributed by atoms with Crippen LogP contribution >= 0.6 is 22.9 Å². The van der Waals surface area contributed by atoms with E-state index < -0.39 is 5.43 Å². The van der Waals surface area contributed by atoms with E-state index in [0.29, 0.717) is 21.4 Å². The van der Waals surface area contributed by atoms with Crippen LogP contribution in [0, 0.1) is 0 Å². The summed E-state index contributed by atoms with van der Waals surface area (Å²) >= 11 is 7.23. The Kier molecular flexibility index (Phi) is 4.09. The number of nitrogens with one attached hydrogen (secondary N) is 1. The fraction of sp³-hybridized carbons (Fsp3) is 0. The van der Waals surface area contributed by atoms with Gasteiger partial charge in [-0.1, -0.05) is 23.7 Å². The zero-order valence-corrected chi connectivity index (χ0v) is 12.9. The van der Waals surface area contributed by atoms with Crippen molar-refractivity contribution in [1.29, 1.82) is 0 Å². The number of thiazole rings is 1. The number of benzene rings is 1. The maximum atomic E-state index is 11.6. The normalized spacial score (nSPS) is 10.4. The van der Waals surface area contributed by atoms with Gasteiger partial charge in [0.15, 0.2) is 10.9 Å². The van der Waals surface area contributed by atoms with E-state index in [-0.39, 0.29) is 5.75 Å². The highest BCUT2D eigenvalue weighted by Gasteiger charge is 2.10. The van der Waals surface area contributed by atoms with E-state index in [1.54, 1.807) is 35.7 Å². The molecule has 0 aliphatic rings. The van der Waals surface area contributed by atoms with Crippen molar-refractivity contribution >= 4 is 33.8 Å². The van der Waals surface area contributed by atoms with Crippen molar-refractivity contribution < 1.29 is 5.11 Å². The van der Waals surface area contributed by atoms with Gasteiger partial charge in [-0.3, -0.25) is 4.79 Å². The highest BCUT2D eigenvalue weighted by atomic mass is 35.5. The van der Waals surface area contributed by atoms with E-state index in [0.717, 1.165) is 5.69 Å². The van der Waals surface area contributed by atoms with Gasteiger partial charge in [-0.15, -0.1) is 11.3 Å². The summed E-state index contributed by atoms with van der Waals surface area (Å²) < 4.78 is 0. The second-order valence-corrected chi connectivity index (χ2v) is 5.81. The largest absolute Gasteiger partial charge is 0.504 e. The average molecular weight is 331 g/mol. The summed E-state index contributed by atoms with van der Waals surface area (Å²) in [6.07, 6.45) is 0. The molecule has 0 radical (unpaired) electrons. The summed E-state index contributed by atoms with van der Waals surface area (Å²) in [6.45, 7) is 0. The molecule has 3 aromatic rings. The standard InChI is InChI=1S/C16H11ClN2O2S/c17-10-5-7-11(8-6-10)18-16-19-13(9-22-16)12-3-1-2-4-14(20)15(12)21/h1-9H,(H,18,19)(H,20,21). The van der Waals surface area contributed by atoms with Gasteiger partial charge < -0.3 is 10.4 Å². The van der Waals surface area contributed by atoms with E-state index in [1.165, 1.54) is 17.4 Å². The minimum atomic E-state index is -0.430. The molecule has 0 spiro atoms. The van der Waals surface area contributed by atoms with Crippen LogP contribution in [0.3, 0.4) is 0 Å². The van der Waals surface area contributed by atoms with Gasteiger partial charge >= 0.3 is 0 Å². The molecular weight excluding hydrogens is 320 g/mol. The first-order valence-electron chi connectivity index (χ1n) is 6.44. The van der Waals surface area contributed by atoms with Crippen molar-refractivity contribution in [1.82, 2.24) is 4.98 Å². The highest BCUT2D eigenvalue weighted by molar-refractivity contribution is 7.14. The smallest absolute Gasteiger partial charge is 0.220 e. The van der Waals surface area contributed by atoms with Gasteiger partial charge in [0.1, 0.15) is 0 Å². The zero-order valence-electron chi connectivity index (χ0n) is 11.3. The van der Waals surface area contributed by atoms with Crippen molar-refractivity contribution in [2.75, 3.05) is 5.32 Å². The highest BCUT2D eigenvalue weighted by Crippen LogP contribution is 2.30. The first-order chi connectivity index (χ1) is 10.6. The lowest BCUT2D eigenvalue weighted by Gasteiger charge is -2.01. The SMILES string of the molecule is O=c1ccccc(-c2csc(Nc3ccc(Cl)cc3)n2)c1O. The first kappa shape index (κ1) is 14.6. The molecule has 0 aliphatic heterocycles. The molecule has 0 bridgehead atoms. The van der Waals surface area contributed by atoms with Crippen LogP contribution in [0.4, 0.5) is 10.8 Å². The number of aromatic nitrogens is 1. The minimum absolute atomic E-state index is 0.298. The molecule has 0 fully saturated rings. The first-order valence-corrected chi connectivity index (χ1v) is 7.70. The minimum Gasteiger partial charge on any atom is -0.504 e. The molecule has 110 valence electrons. The molecule has 1 heterocycles. The Balaban J connectivity index is 1.92. The lowest BCUT2D eigenvalue weighted by atomic mass is 10.2. The Hall–Kier alpha value is -2.37. The summed E-state index contributed by atoms with van der Waals surface area (Å²) in [5, 5.41) is 16.2. The summed E-state index contributed by atoms with van der Waals surface area (Å²) in [5.74, 6) is -0.298. The third-order valence-corrected chi connectivity index (χ3v) is 4.00. The van der Waals surface area contributed by atoms with Crippen LogP contribution in [0.25, 0.3) is 11.3 Å². The number of halogens is 1. The third kappa shape index (κ3) is 3.10. The number of rotatable bonds is 3. The summed E-state index contributed by atoms with van der Waals surface area (Å²) in [5.41, 5.74) is 1.39. The van der Waals surface area contributed by atoms with E-state index in [9.17, 15) is 9.90 Å². The number of hydrogen-bond donors (Lipinski definition) is 2. The van der Waals surface area contributed by atoms with Gasteiger partial charge in [0.25, 0.3) is 0 Å². The van der Waals surface area contributed by atoms with Gasteiger partial charge in [0.05, 0.1) is 5.69 Å². The molecule has 3 rings (SSSR count). The predicted molar refractivity (Wildman–Crippen MR) is 90.2 cm³/mol. The molecule has 2 N–H and O–H groups in total. The van der Waals surface area contributed by atoms with Crippen LogP contribution in [0.15, 0.2) is 58.7 Å². The van der Waals surface area contributed by atoms with Crippen molar-refractivity contribution in [2.24, 2.45) is 0 Å². The molecule has 0 amide bonds. The topological polar surface area (TPSA) is 62.2 Å². The van der Waals surface area contributed by atoms with Gasteiger partial charge in [-0.2, -0.15) is 0 Å². The summed E-state index contributed by atoms with van der Waals surface area (Å²) in [4.78, 5) is 16.0. The molecule has 0 aliphatic carbocycles. The van der Waals surface area contributed by atoms with Crippen LogP contribution in [0.1, 0.15) is 0 Å². The second-order valence-electron chi connectivity index (χ2n) is 4.51. The Morgan fingerprint density at radius 3 is 2.59 bits per heavy atom. The van der Waals surface area contributed by atoms with Crippen LogP contribution in [-0.2, 0) is 0 Å². The maximum absolute atomic E-state index is 11.6. The maximum Gasteiger partial charge on any atom is 0.220 e. The molecule has 0 saturated heterocycles. The monoisotopic (exact) mass is 330 g/mol. The molecule has 2 aromatic carbocycles. The Labute approximate surface area is 135 Å². The lowest BCUT2D eigenvalue weighted by Crippen LogP contribution is -1.95. The number of anilines is 2.